The molecular formula is C7H19NSi. The van der Waals surface area contributed by atoms with E-state index in [-0.39, 0.29) is 0 Å². The van der Waals surface area contributed by atoms with E-state index >= 15 is 0 Å². The smallest absolute Gasteiger partial charge is 0.0625 e. The van der Waals surface area contributed by atoms with E-state index in [1.54, 1.807) is 0 Å². The van der Waals surface area contributed by atoms with E-state index in [4.69, 9.17) is 5.73 Å². The van der Waals surface area contributed by atoms with Crippen LogP contribution in [0.1, 0.15) is 13.8 Å². The monoisotopic (exact) mass is 145 g/mol. The first-order valence-corrected chi connectivity index (χ1v) is 7.09. The van der Waals surface area contributed by atoms with Gasteiger partial charge in [-0.05, 0) is 12.1 Å². The van der Waals surface area contributed by atoms with Crippen LogP contribution in [0.3, 0.4) is 0 Å². The highest BCUT2D eigenvalue weighted by atomic mass is 28.3. The largest absolute Gasteiger partial charge is 0.333 e. The van der Waals surface area contributed by atoms with Crippen molar-refractivity contribution >= 4 is 8.07 Å². The Balaban J connectivity index is 3.58. The van der Waals surface area contributed by atoms with Gasteiger partial charge in [0.05, 0.1) is 8.07 Å². The Kier molecular flexibility index (Phi) is 3.44. The van der Waals surface area contributed by atoms with Crippen LogP contribution in [0.2, 0.25) is 19.1 Å². The molecule has 1 nitrogen and oxygen atoms in total. The van der Waals surface area contributed by atoms with Crippen LogP contribution in [-0.4, -0.2) is 14.2 Å². The number of hydrogen-bond donors (Lipinski definition) is 1. The highest BCUT2D eigenvalue weighted by Gasteiger charge is 2.18. The Morgan fingerprint density at radius 2 is 1.78 bits per heavy atom. The first kappa shape index (κ1) is 9.18. The molecule has 0 amide bonds. The minimum atomic E-state index is -0.963. The summed E-state index contributed by atoms with van der Waals surface area (Å²) in [4.78, 5) is 0. The summed E-state index contributed by atoms with van der Waals surface area (Å²) in [7, 11) is -0.963. The van der Waals surface area contributed by atoms with Gasteiger partial charge in [-0.3, -0.25) is 0 Å². The minimum Gasteiger partial charge on any atom is -0.333 e. The molecule has 9 heavy (non-hydrogen) atoms. The van der Waals surface area contributed by atoms with Gasteiger partial charge >= 0.3 is 0 Å². The van der Waals surface area contributed by atoms with Gasteiger partial charge in [-0.2, -0.15) is 0 Å². The van der Waals surface area contributed by atoms with Gasteiger partial charge in [0, 0.05) is 0 Å². The van der Waals surface area contributed by atoms with Crippen LogP contribution < -0.4 is 5.73 Å². The first-order chi connectivity index (χ1) is 3.98. The molecule has 0 bridgehead atoms. The normalized spacial score (nSPS) is 12.7. The first-order valence-electron chi connectivity index (χ1n) is 3.68. The molecule has 2 heteroatoms. The van der Waals surface area contributed by atoms with Crippen LogP contribution in [0, 0.1) is 5.92 Å². The van der Waals surface area contributed by atoms with Crippen molar-refractivity contribution < 1.29 is 0 Å². The Labute approximate surface area is 59.6 Å². The molecule has 0 spiro atoms. The average Bonchev–Trinajstić information content (AvgIpc) is 1.63. The summed E-state index contributed by atoms with van der Waals surface area (Å²) < 4.78 is 0. The summed E-state index contributed by atoms with van der Waals surface area (Å²) >= 11 is 0. The number of nitrogens with two attached hydrogens (primary N) is 1. The van der Waals surface area contributed by atoms with Crippen LogP contribution >= 0.6 is 0 Å². The quantitative estimate of drug-likeness (QED) is 0.603. The predicted octanol–water partition coefficient (Wildman–Crippen LogP) is 1.85. The Bertz CT molecular complexity index is 79.0. The van der Waals surface area contributed by atoms with Gasteiger partial charge in [0.25, 0.3) is 0 Å². The molecule has 0 saturated heterocycles. The third kappa shape index (κ3) is 4.67. The zero-order valence-corrected chi connectivity index (χ0v) is 8.07. The Hall–Kier alpha value is 0.177. The second kappa shape index (κ2) is 3.37. The van der Waals surface area contributed by atoms with Crippen molar-refractivity contribution in [2.75, 3.05) is 6.17 Å². The minimum absolute atomic E-state index is 0.829. The highest BCUT2D eigenvalue weighted by Crippen LogP contribution is 2.14. The highest BCUT2D eigenvalue weighted by molar-refractivity contribution is 6.77. The summed E-state index contributed by atoms with van der Waals surface area (Å²) in [6, 6.07) is 1.36. The van der Waals surface area contributed by atoms with Crippen LogP contribution in [-0.2, 0) is 0 Å². The third-order valence-corrected chi connectivity index (χ3v) is 4.54. The molecule has 2 N–H and O–H groups in total. The molecule has 0 aliphatic rings. The fourth-order valence-electron chi connectivity index (χ4n) is 1.19. The predicted molar refractivity (Wildman–Crippen MR) is 46.2 cm³/mol. The maximum absolute atomic E-state index is 5.62. The fraction of sp³-hybridized carbons (Fsp3) is 1.00. The topological polar surface area (TPSA) is 26.0 Å². The summed E-state index contributed by atoms with van der Waals surface area (Å²) in [6.45, 7) is 9.24. The summed E-state index contributed by atoms with van der Waals surface area (Å²) in [5.74, 6) is 0.829. The molecule has 0 unspecified atom stereocenters. The third-order valence-electron chi connectivity index (χ3n) is 1.51. The SMILES string of the molecule is CC(C)C[Si](C)(C)CN. The van der Waals surface area contributed by atoms with Crippen molar-refractivity contribution in [2.24, 2.45) is 11.7 Å². The van der Waals surface area contributed by atoms with Crippen LogP contribution in [0.5, 0.6) is 0 Å². The summed E-state index contributed by atoms with van der Waals surface area (Å²) in [5, 5.41) is 0. The molecule has 0 fully saturated rings. The van der Waals surface area contributed by atoms with Crippen molar-refractivity contribution in [1.29, 1.82) is 0 Å². The Morgan fingerprint density at radius 1 is 1.33 bits per heavy atom. The van der Waals surface area contributed by atoms with Crippen LogP contribution in [0.4, 0.5) is 0 Å². The molecule has 0 aromatic carbocycles. The van der Waals surface area contributed by atoms with Gasteiger partial charge in [-0.25, -0.2) is 0 Å². The molecule has 0 aliphatic carbocycles. The molecule has 0 radical (unpaired) electrons. The molecule has 56 valence electrons. The van der Waals surface area contributed by atoms with Crippen molar-refractivity contribution in [3.63, 3.8) is 0 Å². The lowest BCUT2D eigenvalue weighted by Gasteiger charge is -2.21. The maximum Gasteiger partial charge on any atom is 0.0625 e. The second-order valence-corrected chi connectivity index (χ2v) is 9.11. The fourth-order valence-corrected chi connectivity index (χ4v) is 3.57. The molecule has 0 aliphatic heterocycles. The van der Waals surface area contributed by atoms with Gasteiger partial charge in [0.15, 0.2) is 0 Å². The van der Waals surface area contributed by atoms with E-state index < -0.39 is 8.07 Å². The van der Waals surface area contributed by atoms with E-state index in [1.807, 2.05) is 0 Å². The van der Waals surface area contributed by atoms with Gasteiger partial charge < -0.3 is 5.73 Å². The van der Waals surface area contributed by atoms with Crippen molar-refractivity contribution in [1.82, 2.24) is 0 Å². The standard InChI is InChI=1S/C7H19NSi/c1-7(2)5-9(3,4)6-8/h7H,5-6,8H2,1-4H3. The van der Waals surface area contributed by atoms with Gasteiger partial charge in [-0.15, -0.1) is 0 Å². The van der Waals surface area contributed by atoms with Crippen molar-refractivity contribution in [3.8, 4) is 0 Å². The van der Waals surface area contributed by atoms with E-state index in [9.17, 15) is 0 Å². The molecule has 0 rings (SSSR count). The van der Waals surface area contributed by atoms with Crippen molar-refractivity contribution in [2.45, 2.75) is 33.0 Å². The maximum atomic E-state index is 5.62. The number of hydrogen-bond acceptors (Lipinski definition) is 1. The lowest BCUT2D eigenvalue weighted by Crippen LogP contribution is -2.37. The van der Waals surface area contributed by atoms with Gasteiger partial charge in [0.1, 0.15) is 0 Å². The molecule has 0 aromatic heterocycles. The van der Waals surface area contributed by atoms with E-state index in [1.165, 1.54) is 6.04 Å². The van der Waals surface area contributed by atoms with E-state index in [0.717, 1.165) is 12.1 Å². The summed E-state index contributed by atoms with van der Waals surface area (Å²) in [5.41, 5.74) is 5.62. The van der Waals surface area contributed by atoms with Gasteiger partial charge in [0.2, 0.25) is 0 Å². The summed E-state index contributed by atoms with van der Waals surface area (Å²) in [6.07, 6.45) is 0.936. The van der Waals surface area contributed by atoms with Gasteiger partial charge in [-0.1, -0.05) is 33.0 Å². The van der Waals surface area contributed by atoms with Crippen LogP contribution in [0.15, 0.2) is 0 Å². The van der Waals surface area contributed by atoms with Crippen molar-refractivity contribution in [3.05, 3.63) is 0 Å². The number of rotatable bonds is 3. The van der Waals surface area contributed by atoms with E-state index in [2.05, 4.69) is 26.9 Å². The zero-order chi connectivity index (χ0) is 7.49. The Morgan fingerprint density at radius 3 is 1.89 bits per heavy atom. The lowest BCUT2D eigenvalue weighted by atomic mass is 10.3. The van der Waals surface area contributed by atoms with E-state index in [0.29, 0.717) is 0 Å². The second-order valence-electron chi connectivity index (χ2n) is 3.97. The molecule has 0 heterocycles. The average molecular weight is 145 g/mol. The zero-order valence-electron chi connectivity index (χ0n) is 7.07. The molecule has 0 aromatic rings. The molecule has 0 saturated carbocycles. The molecular weight excluding hydrogens is 126 g/mol. The lowest BCUT2D eigenvalue weighted by molar-refractivity contribution is 0.717. The molecule has 0 atom stereocenters. The van der Waals surface area contributed by atoms with Crippen LogP contribution in [0.25, 0.3) is 0 Å².